The van der Waals surface area contributed by atoms with Crippen LogP contribution in [0.2, 0.25) is 0 Å². The largest absolute Gasteiger partial charge is 0.393 e. The topological polar surface area (TPSA) is 70.6 Å². The number of amides is 2. The van der Waals surface area contributed by atoms with Gasteiger partial charge in [0, 0.05) is 13.2 Å². The second-order valence-electron chi connectivity index (χ2n) is 6.61. The summed E-state index contributed by atoms with van der Waals surface area (Å²) in [5.41, 5.74) is -0.114. The summed E-state index contributed by atoms with van der Waals surface area (Å²) in [7, 11) is 0. The number of carbonyl (C=O) groups excluding carboxylic acids is 1. The molecule has 1 fully saturated rings. The first-order valence-corrected chi connectivity index (χ1v) is 7.68. The van der Waals surface area contributed by atoms with Crippen LogP contribution in [-0.2, 0) is 4.74 Å². The Morgan fingerprint density at radius 2 is 2.20 bits per heavy atom. The van der Waals surface area contributed by atoms with E-state index in [9.17, 15) is 9.90 Å². The molecule has 0 aromatic carbocycles. The number of hydrogen-bond acceptors (Lipinski definition) is 3. The Morgan fingerprint density at radius 3 is 2.70 bits per heavy atom. The van der Waals surface area contributed by atoms with E-state index < -0.39 is 0 Å². The minimum atomic E-state index is -0.356. The molecular weight excluding hydrogens is 256 g/mol. The van der Waals surface area contributed by atoms with Crippen molar-refractivity contribution in [2.75, 3.05) is 13.2 Å². The Labute approximate surface area is 122 Å². The van der Waals surface area contributed by atoms with Crippen LogP contribution in [-0.4, -0.2) is 42.5 Å². The second-order valence-corrected chi connectivity index (χ2v) is 6.61. The third-order valence-corrected chi connectivity index (χ3v) is 3.75. The lowest BCUT2D eigenvalue weighted by atomic mass is 9.87. The minimum Gasteiger partial charge on any atom is -0.393 e. The molecule has 0 spiro atoms. The van der Waals surface area contributed by atoms with E-state index >= 15 is 0 Å². The lowest BCUT2D eigenvalue weighted by molar-refractivity contribution is 0.0792. The molecule has 5 nitrogen and oxygen atoms in total. The third-order valence-electron chi connectivity index (χ3n) is 3.75. The van der Waals surface area contributed by atoms with Crippen LogP contribution in [0.4, 0.5) is 4.79 Å². The van der Waals surface area contributed by atoms with Crippen molar-refractivity contribution in [1.29, 1.82) is 0 Å². The molecule has 0 saturated carbocycles. The van der Waals surface area contributed by atoms with E-state index in [0.717, 1.165) is 25.9 Å². The van der Waals surface area contributed by atoms with Gasteiger partial charge in [-0.15, -0.1) is 0 Å². The highest BCUT2D eigenvalue weighted by Crippen LogP contribution is 2.21. The number of aliphatic hydroxyl groups is 1. The summed E-state index contributed by atoms with van der Waals surface area (Å²) in [6.07, 6.45) is 3.42. The van der Waals surface area contributed by atoms with Gasteiger partial charge in [0.1, 0.15) is 0 Å². The van der Waals surface area contributed by atoms with Crippen molar-refractivity contribution < 1.29 is 14.6 Å². The SMILES string of the molecule is CCC(NC(=O)NCC(C)(C)CC(C)O)C1CCCO1. The Kier molecular flexibility index (Phi) is 6.76. The molecule has 0 aromatic heterocycles. The lowest BCUT2D eigenvalue weighted by Gasteiger charge is -2.28. The van der Waals surface area contributed by atoms with Crippen molar-refractivity contribution in [3.05, 3.63) is 0 Å². The summed E-state index contributed by atoms with van der Waals surface area (Å²) in [5.74, 6) is 0. The zero-order valence-corrected chi connectivity index (χ0v) is 13.2. The molecule has 1 rings (SSSR count). The number of ether oxygens (including phenoxy) is 1. The quantitative estimate of drug-likeness (QED) is 0.671. The maximum atomic E-state index is 12.0. The molecule has 1 saturated heterocycles. The summed E-state index contributed by atoms with van der Waals surface area (Å²) < 4.78 is 5.63. The summed E-state index contributed by atoms with van der Waals surface area (Å²) in [4.78, 5) is 12.0. The first-order valence-electron chi connectivity index (χ1n) is 7.68. The summed E-state index contributed by atoms with van der Waals surface area (Å²) in [5, 5.41) is 15.3. The van der Waals surface area contributed by atoms with Gasteiger partial charge in [0.25, 0.3) is 0 Å². The van der Waals surface area contributed by atoms with Crippen LogP contribution in [0.5, 0.6) is 0 Å². The Bertz CT molecular complexity index is 299. The number of nitrogens with one attached hydrogen (secondary N) is 2. The maximum absolute atomic E-state index is 12.0. The van der Waals surface area contributed by atoms with Crippen molar-refractivity contribution in [3.8, 4) is 0 Å². The van der Waals surface area contributed by atoms with E-state index in [0.29, 0.717) is 13.0 Å². The van der Waals surface area contributed by atoms with Gasteiger partial charge >= 0.3 is 6.03 Å². The maximum Gasteiger partial charge on any atom is 0.315 e. The molecule has 0 aromatic rings. The van der Waals surface area contributed by atoms with Gasteiger partial charge in [0.2, 0.25) is 0 Å². The van der Waals surface area contributed by atoms with Crippen molar-refractivity contribution in [3.63, 3.8) is 0 Å². The van der Waals surface area contributed by atoms with E-state index in [1.807, 2.05) is 13.8 Å². The van der Waals surface area contributed by atoms with Gasteiger partial charge < -0.3 is 20.5 Å². The average Bonchev–Trinajstić information content (AvgIpc) is 2.85. The van der Waals surface area contributed by atoms with Gasteiger partial charge in [0.15, 0.2) is 0 Å². The van der Waals surface area contributed by atoms with Gasteiger partial charge in [-0.3, -0.25) is 0 Å². The van der Waals surface area contributed by atoms with Crippen molar-refractivity contribution in [1.82, 2.24) is 10.6 Å². The predicted molar refractivity (Wildman–Crippen MR) is 79.7 cm³/mol. The number of rotatable bonds is 7. The molecule has 1 aliphatic heterocycles. The normalized spacial score (nSPS) is 22.4. The smallest absolute Gasteiger partial charge is 0.315 e. The number of urea groups is 1. The van der Waals surface area contributed by atoms with Gasteiger partial charge in [-0.25, -0.2) is 4.79 Å². The molecule has 2 amide bonds. The average molecular weight is 286 g/mol. The van der Waals surface area contributed by atoms with Crippen LogP contribution in [0.1, 0.15) is 53.4 Å². The Morgan fingerprint density at radius 1 is 1.50 bits per heavy atom. The molecule has 0 aliphatic carbocycles. The standard InChI is InChI=1S/C15H30N2O3/c1-5-12(13-7-6-8-20-13)17-14(19)16-10-15(3,4)9-11(2)18/h11-13,18H,5-10H2,1-4H3,(H2,16,17,19). The molecule has 0 radical (unpaired) electrons. The molecule has 118 valence electrons. The Balaban J connectivity index is 2.34. The molecule has 3 N–H and O–H groups in total. The molecule has 0 bridgehead atoms. The fourth-order valence-corrected chi connectivity index (χ4v) is 2.79. The highest BCUT2D eigenvalue weighted by atomic mass is 16.5. The number of carbonyl (C=O) groups is 1. The predicted octanol–water partition coefficient (Wildman–Crippen LogP) is 2.04. The zero-order chi connectivity index (χ0) is 15.2. The van der Waals surface area contributed by atoms with Crippen LogP contribution in [0.25, 0.3) is 0 Å². The van der Waals surface area contributed by atoms with Crippen molar-refractivity contribution in [2.45, 2.75) is 71.6 Å². The molecule has 3 atom stereocenters. The lowest BCUT2D eigenvalue weighted by Crippen LogP contribution is -2.49. The minimum absolute atomic E-state index is 0.0809. The van der Waals surface area contributed by atoms with E-state index in [2.05, 4.69) is 17.6 Å². The highest BCUT2D eigenvalue weighted by Gasteiger charge is 2.27. The van der Waals surface area contributed by atoms with Crippen LogP contribution < -0.4 is 10.6 Å². The monoisotopic (exact) mass is 286 g/mol. The molecular formula is C15H30N2O3. The van der Waals surface area contributed by atoms with Crippen molar-refractivity contribution >= 4 is 6.03 Å². The van der Waals surface area contributed by atoms with Crippen molar-refractivity contribution in [2.24, 2.45) is 5.41 Å². The first-order chi connectivity index (χ1) is 9.34. The molecule has 3 unspecified atom stereocenters. The van der Waals surface area contributed by atoms with E-state index in [4.69, 9.17) is 4.74 Å². The number of hydrogen-bond donors (Lipinski definition) is 3. The summed E-state index contributed by atoms with van der Waals surface area (Å²) in [6.45, 7) is 9.25. The third kappa shape index (κ3) is 6.09. The highest BCUT2D eigenvalue weighted by molar-refractivity contribution is 5.74. The second kappa shape index (κ2) is 7.84. The van der Waals surface area contributed by atoms with Crippen LogP contribution in [0.3, 0.4) is 0 Å². The van der Waals surface area contributed by atoms with Crippen LogP contribution >= 0.6 is 0 Å². The van der Waals surface area contributed by atoms with Gasteiger partial charge in [-0.2, -0.15) is 0 Å². The Hall–Kier alpha value is -0.810. The zero-order valence-electron chi connectivity index (χ0n) is 13.2. The summed E-state index contributed by atoms with van der Waals surface area (Å²) in [6, 6.07) is -0.0663. The fourth-order valence-electron chi connectivity index (χ4n) is 2.79. The van der Waals surface area contributed by atoms with Gasteiger partial charge in [0.05, 0.1) is 18.2 Å². The molecule has 1 heterocycles. The molecule has 1 aliphatic rings. The van der Waals surface area contributed by atoms with E-state index in [-0.39, 0.29) is 29.7 Å². The van der Waals surface area contributed by atoms with Gasteiger partial charge in [-0.05, 0) is 38.0 Å². The van der Waals surface area contributed by atoms with Crippen LogP contribution in [0, 0.1) is 5.41 Å². The molecule has 5 heteroatoms. The molecule has 20 heavy (non-hydrogen) atoms. The fraction of sp³-hybridized carbons (Fsp3) is 0.933. The van der Waals surface area contributed by atoms with E-state index in [1.54, 1.807) is 6.92 Å². The summed E-state index contributed by atoms with van der Waals surface area (Å²) >= 11 is 0. The first kappa shape index (κ1) is 17.2. The van der Waals surface area contributed by atoms with Crippen LogP contribution in [0.15, 0.2) is 0 Å². The number of aliphatic hydroxyl groups excluding tert-OH is 1. The van der Waals surface area contributed by atoms with Gasteiger partial charge in [-0.1, -0.05) is 20.8 Å². The van der Waals surface area contributed by atoms with E-state index in [1.165, 1.54) is 0 Å².